The number of benzene rings is 4. The lowest BCUT2D eigenvalue weighted by molar-refractivity contribution is -0.133. The van der Waals surface area contributed by atoms with Crippen molar-refractivity contribution in [3.63, 3.8) is 0 Å². The summed E-state index contributed by atoms with van der Waals surface area (Å²) in [6, 6.07) is 32.0. The van der Waals surface area contributed by atoms with Gasteiger partial charge in [-0.15, -0.1) is 0 Å². The molecule has 3 saturated heterocycles. The number of phenolic OH excluding ortho intramolecular Hbond substituents is 1. The van der Waals surface area contributed by atoms with E-state index in [1.165, 1.54) is 78.6 Å². The molecule has 9 rings (SSSR count). The van der Waals surface area contributed by atoms with Crippen molar-refractivity contribution in [3.8, 4) is 11.5 Å². The zero-order valence-electron chi connectivity index (χ0n) is 32.7. The van der Waals surface area contributed by atoms with Crippen molar-refractivity contribution in [2.75, 3.05) is 50.1 Å². The third-order valence-electron chi connectivity index (χ3n) is 14.1. The molecule has 1 saturated carbocycles. The van der Waals surface area contributed by atoms with Crippen LogP contribution in [0.4, 0.5) is 11.4 Å². The molecule has 4 aromatic carbocycles. The first-order valence-electron chi connectivity index (χ1n) is 21.1. The van der Waals surface area contributed by atoms with Gasteiger partial charge >= 0.3 is 0 Å². The maximum absolute atomic E-state index is 12.1. The maximum atomic E-state index is 12.1. The van der Waals surface area contributed by atoms with E-state index in [4.69, 9.17) is 4.74 Å². The van der Waals surface area contributed by atoms with Gasteiger partial charge in [0.05, 0.1) is 7.11 Å². The predicted octanol–water partition coefficient (Wildman–Crippen LogP) is 8.36. The molecule has 0 unspecified atom stereocenters. The highest BCUT2D eigenvalue weighted by Gasteiger charge is 2.46. The third-order valence-corrected chi connectivity index (χ3v) is 14.1. The van der Waals surface area contributed by atoms with Gasteiger partial charge in [0.15, 0.2) is 0 Å². The van der Waals surface area contributed by atoms with Gasteiger partial charge in [0.2, 0.25) is 11.8 Å². The number of hydrogen-bond acceptors (Lipinski definition) is 7. The summed E-state index contributed by atoms with van der Waals surface area (Å²) < 4.78 is 6.18. The molecule has 2 amide bonds. The first-order chi connectivity index (χ1) is 27.3. The molecule has 292 valence electrons. The van der Waals surface area contributed by atoms with E-state index in [0.29, 0.717) is 35.8 Å². The topological polar surface area (TPSA) is 94.1 Å². The van der Waals surface area contributed by atoms with Gasteiger partial charge in [-0.1, -0.05) is 54.6 Å². The Morgan fingerprint density at radius 3 is 2.29 bits per heavy atom. The number of anilines is 2. The number of nitrogens with zero attached hydrogens (tertiary/aromatic N) is 2. The number of nitrogens with one attached hydrogen (secondary N) is 2. The molecular formula is C48H56N4O4. The Bertz CT molecular complexity index is 2030. The van der Waals surface area contributed by atoms with Crippen LogP contribution in [0.1, 0.15) is 103 Å². The highest BCUT2D eigenvalue weighted by atomic mass is 16.5. The molecule has 8 heteroatoms. The molecule has 3 heterocycles. The average Bonchev–Trinajstić information content (AvgIpc) is 3.22. The number of methoxy groups -OCH3 is 1. The summed E-state index contributed by atoms with van der Waals surface area (Å²) in [7, 11) is 1.81. The third kappa shape index (κ3) is 7.52. The Kier molecular flexibility index (Phi) is 10.3. The molecular weight excluding hydrogens is 697 g/mol. The summed E-state index contributed by atoms with van der Waals surface area (Å²) >= 11 is 0. The average molecular weight is 753 g/mol. The molecule has 56 heavy (non-hydrogen) atoms. The first-order valence-corrected chi connectivity index (χ1v) is 21.1. The molecule has 5 aliphatic rings. The molecule has 3 atom stereocenters. The fourth-order valence-electron chi connectivity index (χ4n) is 11.0. The van der Waals surface area contributed by atoms with Gasteiger partial charge in [0, 0.05) is 55.0 Å². The number of ether oxygens (including phenoxy) is 1. The van der Waals surface area contributed by atoms with E-state index in [-0.39, 0.29) is 23.8 Å². The minimum Gasteiger partial charge on any atom is -0.508 e. The van der Waals surface area contributed by atoms with Crippen molar-refractivity contribution < 1.29 is 19.4 Å². The van der Waals surface area contributed by atoms with Crippen LogP contribution in [0.2, 0.25) is 0 Å². The molecule has 4 aromatic rings. The predicted molar refractivity (Wildman–Crippen MR) is 222 cm³/mol. The van der Waals surface area contributed by atoms with E-state index < -0.39 is 0 Å². The van der Waals surface area contributed by atoms with Crippen LogP contribution in [0.25, 0.3) is 0 Å². The molecule has 2 aliphatic carbocycles. The van der Waals surface area contributed by atoms with Crippen LogP contribution in [0.15, 0.2) is 91.0 Å². The van der Waals surface area contributed by atoms with Crippen LogP contribution in [-0.4, -0.2) is 67.7 Å². The summed E-state index contributed by atoms with van der Waals surface area (Å²) in [5.41, 5.74) is 9.21. The highest BCUT2D eigenvalue weighted by Crippen LogP contribution is 2.54. The molecule has 3 N–H and O–H groups in total. The van der Waals surface area contributed by atoms with Crippen LogP contribution < -0.4 is 20.3 Å². The fourth-order valence-corrected chi connectivity index (χ4v) is 11.0. The van der Waals surface area contributed by atoms with E-state index in [1.54, 1.807) is 0 Å². The monoisotopic (exact) mass is 752 g/mol. The number of rotatable bonds is 9. The normalized spacial score (nSPS) is 24.3. The van der Waals surface area contributed by atoms with E-state index in [2.05, 4.69) is 99.3 Å². The first kappa shape index (κ1) is 36.8. The number of imide groups is 1. The largest absolute Gasteiger partial charge is 0.508 e. The number of aryl methyl sites for hydroxylation is 1. The molecule has 3 aliphatic heterocycles. The quantitative estimate of drug-likeness (QED) is 0.148. The van der Waals surface area contributed by atoms with E-state index >= 15 is 0 Å². The number of carbonyl (C=O) groups is 2. The summed E-state index contributed by atoms with van der Waals surface area (Å²) in [6.45, 7) is 5.76. The van der Waals surface area contributed by atoms with Crippen LogP contribution >= 0.6 is 0 Å². The van der Waals surface area contributed by atoms with Crippen molar-refractivity contribution in [2.24, 2.45) is 11.3 Å². The second-order valence-electron chi connectivity index (χ2n) is 17.4. The smallest absolute Gasteiger partial charge is 0.249 e. The number of fused-ring (bicyclic) bond motifs is 1. The summed E-state index contributed by atoms with van der Waals surface area (Å²) in [5, 5.41) is 16.0. The van der Waals surface area contributed by atoms with Gasteiger partial charge in [-0.05, 0) is 147 Å². The number of piperidine rings is 3. The maximum Gasteiger partial charge on any atom is 0.249 e. The zero-order valence-corrected chi connectivity index (χ0v) is 32.7. The zero-order chi connectivity index (χ0) is 38.2. The van der Waals surface area contributed by atoms with Crippen LogP contribution in [-0.2, 0) is 16.0 Å². The fraction of sp³-hybridized carbons (Fsp3) is 0.458. The van der Waals surface area contributed by atoms with Gasteiger partial charge in [-0.25, -0.2) is 0 Å². The van der Waals surface area contributed by atoms with Gasteiger partial charge < -0.3 is 25.0 Å². The number of carbonyl (C=O) groups excluding carboxylic acids is 2. The van der Waals surface area contributed by atoms with Crippen molar-refractivity contribution in [3.05, 3.63) is 119 Å². The van der Waals surface area contributed by atoms with Crippen molar-refractivity contribution in [2.45, 2.75) is 88.0 Å². The van der Waals surface area contributed by atoms with Crippen LogP contribution in [0.3, 0.4) is 0 Å². The van der Waals surface area contributed by atoms with Crippen molar-refractivity contribution >= 4 is 23.2 Å². The van der Waals surface area contributed by atoms with Gasteiger partial charge in [-0.3, -0.25) is 14.9 Å². The van der Waals surface area contributed by atoms with Gasteiger partial charge in [-0.2, -0.15) is 0 Å². The Hall–Kier alpha value is -4.82. The van der Waals surface area contributed by atoms with Crippen molar-refractivity contribution in [1.82, 2.24) is 10.2 Å². The van der Waals surface area contributed by atoms with Crippen LogP contribution in [0, 0.1) is 11.3 Å². The lowest BCUT2D eigenvalue weighted by Gasteiger charge is -2.54. The summed E-state index contributed by atoms with van der Waals surface area (Å²) in [6.07, 6.45) is 10.6. The number of hydrogen-bond donors (Lipinski definition) is 3. The number of phenols is 1. The van der Waals surface area contributed by atoms with E-state index in [1.807, 2.05) is 19.2 Å². The minimum atomic E-state index is -0.347. The van der Waals surface area contributed by atoms with Gasteiger partial charge in [0.1, 0.15) is 17.5 Å². The summed E-state index contributed by atoms with van der Waals surface area (Å²) in [5.74, 6) is 2.79. The van der Waals surface area contributed by atoms with E-state index in [9.17, 15) is 14.7 Å². The Morgan fingerprint density at radius 1 is 0.804 bits per heavy atom. The van der Waals surface area contributed by atoms with E-state index in [0.717, 1.165) is 56.4 Å². The molecule has 0 aromatic heterocycles. The lowest BCUT2D eigenvalue weighted by atomic mass is 9.57. The molecule has 4 fully saturated rings. The highest BCUT2D eigenvalue weighted by molar-refractivity contribution is 6.01. The Morgan fingerprint density at radius 2 is 1.55 bits per heavy atom. The minimum absolute atomic E-state index is 0.163. The second kappa shape index (κ2) is 15.6. The molecule has 0 bridgehead atoms. The number of amides is 2. The Labute approximate surface area is 331 Å². The Balaban J connectivity index is 0.770. The molecule has 8 nitrogen and oxygen atoms in total. The number of aromatic hydroxyl groups is 1. The van der Waals surface area contributed by atoms with Gasteiger partial charge in [0.25, 0.3) is 0 Å². The molecule has 1 spiro atoms. The second-order valence-corrected chi connectivity index (χ2v) is 17.4. The SMILES string of the molecule is COc1cc(N2CCC3(CC2)CC(CN2CCC(c4ccc(N[C@H]5CCC(=O)NC5=O)cc4)CC2)C3)ccc1[C@@H]1c2ccc(O)cc2CC[C@@H]1c1ccccc1. The van der Waals surface area contributed by atoms with Crippen LogP contribution in [0.5, 0.6) is 11.5 Å². The van der Waals surface area contributed by atoms with Crippen molar-refractivity contribution in [1.29, 1.82) is 0 Å². The lowest BCUT2D eigenvalue weighted by Crippen LogP contribution is -2.50. The standard InChI is InChI=1S/C48H56N4O4/c1-56-44-28-38(12-15-42(44)46-40(35-5-3-2-4-6-35)14-9-36-27-39(53)13-16-41(36)46)52-25-21-48(22-26-52)29-32(30-48)31-51-23-19-34(20-24-51)33-7-10-37(11-8-33)49-43-17-18-45(54)50-47(43)55/h2-8,10-13,15-16,27-28,32,34,40,43,46,49,53H,9,14,17-26,29-31H2,1H3,(H,50,54,55)/t40-,43+,46+/m1/s1. The molecule has 0 radical (unpaired) electrons. The number of likely N-dealkylation sites (tertiary alicyclic amines) is 1. The summed E-state index contributed by atoms with van der Waals surface area (Å²) in [4.78, 5) is 28.9.